The second-order valence-electron chi connectivity index (χ2n) is 12.7. The van der Waals surface area contributed by atoms with Gasteiger partial charge in [-0.1, -0.05) is 30.7 Å². The summed E-state index contributed by atoms with van der Waals surface area (Å²) in [5.41, 5.74) is 3.70. The standard InChI is InChI=1S/C30H38FN5O7S.ClH/c31-23-9-6-7-18-15-35(17-22(18)23)29(40)43-20-13-25-26(37)33-30(28(39)34-44(41,42)21-11-12-21)14-19(30)8-4-2-1-3-5-10-24(32)27(38)36(25)16-20;/h4,6-9,19-21,24-25H,1-3,5,10-17,32H2,(H,33,37)(H,34,39);1H/b8-4-;/t19-,20-,24+,25?,30-;/m1./s1. The average molecular weight is 668 g/mol. The van der Waals surface area contributed by atoms with Crippen LogP contribution in [0.25, 0.3) is 0 Å². The molecule has 0 aromatic heterocycles. The van der Waals surface area contributed by atoms with Gasteiger partial charge in [0, 0.05) is 30.9 Å². The van der Waals surface area contributed by atoms with Crippen molar-refractivity contribution in [3.63, 3.8) is 0 Å². The Kier molecular flexibility index (Phi) is 9.48. The van der Waals surface area contributed by atoms with E-state index in [0.29, 0.717) is 30.4 Å². The third kappa shape index (κ3) is 6.82. The maximum atomic E-state index is 14.2. The van der Waals surface area contributed by atoms with Gasteiger partial charge in [-0.25, -0.2) is 17.6 Å². The summed E-state index contributed by atoms with van der Waals surface area (Å²) < 4.78 is 47.4. The van der Waals surface area contributed by atoms with Crippen molar-refractivity contribution in [2.45, 2.75) is 99.9 Å². The Labute approximate surface area is 267 Å². The first-order valence-electron chi connectivity index (χ1n) is 15.4. The Bertz CT molecular complexity index is 1510. The highest BCUT2D eigenvalue weighted by Crippen LogP contribution is 2.46. The topological polar surface area (TPSA) is 170 Å². The SMILES string of the molecule is [Cl-].[NH3+][C@H]1CCCCC/C=C\[C@@H]2C[C@@]2(C(=O)NS(=O)(=O)C2CC2)NC(=O)C2C[C@@H](OC(=O)N3Cc4cccc(F)c4C3)CN2C1=O. The normalized spacial score (nSPS) is 30.8. The van der Waals surface area contributed by atoms with Crippen molar-refractivity contribution in [2.75, 3.05) is 6.54 Å². The molecule has 45 heavy (non-hydrogen) atoms. The number of nitrogens with zero attached hydrogens (tertiary/aromatic N) is 2. The minimum absolute atomic E-state index is 0. The number of nitrogens with one attached hydrogen (secondary N) is 2. The van der Waals surface area contributed by atoms with Crippen molar-refractivity contribution in [3.8, 4) is 0 Å². The lowest BCUT2D eigenvalue weighted by Crippen LogP contribution is -3.00. The van der Waals surface area contributed by atoms with Crippen LogP contribution in [-0.4, -0.2) is 77.6 Å². The number of carbonyl (C=O) groups excluding carboxylic acids is 4. The Hall–Kier alpha value is -3.23. The largest absolute Gasteiger partial charge is 1.00 e. The minimum Gasteiger partial charge on any atom is -1.00 e. The van der Waals surface area contributed by atoms with Crippen molar-refractivity contribution in [1.82, 2.24) is 19.8 Å². The molecule has 4 amide bonds. The van der Waals surface area contributed by atoms with E-state index < -0.39 is 68.6 Å². The van der Waals surface area contributed by atoms with Crippen LogP contribution in [0.15, 0.2) is 30.4 Å². The van der Waals surface area contributed by atoms with Gasteiger partial charge in [0.05, 0.1) is 18.3 Å². The van der Waals surface area contributed by atoms with Gasteiger partial charge >= 0.3 is 6.09 Å². The van der Waals surface area contributed by atoms with Gasteiger partial charge in [-0.05, 0) is 50.2 Å². The van der Waals surface area contributed by atoms with E-state index in [0.717, 1.165) is 25.7 Å². The zero-order valence-corrected chi connectivity index (χ0v) is 26.5. The van der Waals surface area contributed by atoms with Crippen LogP contribution in [0.1, 0.15) is 68.9 Å². The number of halogens is 2. The Morgan fingerprint density at radius 2 is 1.89 bits per heavy atom. The summed E-state index contributed by atoms with van der Waals surface area (Å²) in [6, 6.07) is 2.99. The number of fused-ring (bicyclic) bond motifs is 3. The molecule has 3 fully saturated rings. The van der Waals surface area contributed by atoms with Crippen molar-refractivity contribution in [2.24, 2.45) is 5.92 Å². The van der Waals surface area contributed by atoms with E-state index >= 15 is 0 Å². The molecule has 246 valence electrons. The number of sulfonamides is 1. The van der Waals surface area contributed by atoms with Gasteiger partial charge in [-0.2, -0.15) is 0 Å². The Morgan fingerprint density at radius 3 is 2.62 bits per heavy atom. The smallest absolute Gasteiger partial charge is 0.410 e. The lowest BCUT2D eigenvalue weighted by Gasteiger charge is -2.27. The van der Waals surface area contributed by atoms with Gasteiger partial charge in [0.15, 0.2) is 6.04 Å². The summed E-state index contributed by atoms with van der Waals surface area (Å²) in [5, 5.41) is 2.19. The quantitative estimate of drug-likeness (QED) is 0.308. The van der Waals surface area contributed by atoms with E-state index in [9.17, 15) is 32.0 Å². The molecule has 5 N–H and O–H groups in total. The predicted molar refractivity (Wildman–Crippen MR) is 154 cm³/mol. The summed E-state index contributed by atoms with van der Waals surface area (Å²) in [5.74, 6) is -2.56. The first-order chi connectivity index (χ1) is 21.0. The number of benzene rings is 1. The highest BCUT2D eigenvalue weighted by Gasteiger charge is 2.62. The van der Waals surface area contributed by atoms with Crippen LogP contribution >= 0.6 is 0 Å². The monoisotopic (exact) mass is 667 g/mol. The van der Waals surface area contributed by atoms with E-state index in [1.165, 1.54) is 15.9 Å². The molecule has 1 aromatic carbocycles. The number of ether oxygens (including phenoxy) is 1. The molecule has 15 heteroatoms. The summed E-state index contributed by atoms with van der Waals surface area (Å²) in [6.45, 7) is 0.197. The molecule has 0 radical (unpaired) electrons. The third-order valence-electron chi connectivity index (χ3n) is 9.41. The molecular formula is C30H39ClFN5O7S. The van der Waals surface area contributed by atoms with Crippen molar-refractivity contribution in [3.05, 3.63) is 47.3 Å². The van der Waals surface area contributed by atoms with Gasteiger partial charge in [-0.3, -0.25) is 24.0 Å². The maximum absolute atomic E-state index is 14.2. The molecule has 12 nitrogen and oxygen atoms in total. The van der Waals surface area contributed by atoms with Gasteiger partial charge in [-0.15, -0.1) is 0 Å². The van der Waals surface area contributed by atoms with Crippen molar-refractivity contribution in [1.29, 1.82) is 0 Å². The molecule has 3 heterocycles. The number of allylic oxidation sites excluding steroid dienone is 1. The van der Waals surface area contributed by atoms with E-state index in [2.05, 4.69) is 15.8 Å². The number of carbonyl (C=O) groups is 4. The van der Waals surface area contributed by atoms with E-state index in [4.69, 9.17) is 4.74 Å². The molecule has 6 rings (SSSR count). The van der Waals surface area contributed by atoms with Gasteiger partial charge < -0.3 is 33.1 Å². The fourth-order valence-corrected chi connectivity index (χ4v) is 7.88. The highest BCUT2D eigenvalue weighted by atomic mass is 35.5. The summed E-state index contributed by atoms with van der Waals surface area (Å²) in [6.07, 6.45) is 7.30. The molecule has 1 aromatic rings. The zero-order valence-electron chi connectivity index (χ0n) is 24.9. The lowest BCUT2D eigenvalue weighted by molar-refractivity contribution is -0.407. The molecule has 2 aliphatic carbocycles. The molecule has 0 bridgehead atoms. The van der Waals surface area contributed by atoms with Crippen LogP contribution in [0.4, 0.5) is 9.18 Å². The third-order valence-corrected chi connectivity index (χ3v) is 11.2. The Morgan fingerprint density at radius 1 is 1.11 bits per heavy atom. The predicted octanol–water partition coefficient (Wildman–Crippen LogP) is -2.13. The molecule has 0 spiro atoms. The lowest BCUT2D eigenvalue weighted by atomic mass is 10.1. The number of quaternary nitrogens is 1. The van der Waals surface area contributed by atoms with Gasteiger partial charge in [0.25, 0.3) is 11.8 Å². The molecule has 5 aliphatic rings. The fourth-order valence-electron chi connectivity index (χ4n) is 6.52. The second-order valence-corrected chi connectivity index (χ2v) is 14.7. The first-order valence-corrected chi connectivity index (χ1v) is 16.9. The van der Waals surface area contributed by atoms with Crippen LogP contribution in [0.5, 0.6) is 0 Å². The van der Waals surface area contributed by atoms with Crippen LogP contribution in [0, 0.1) is 11.7 Å². The summed E-state index contributed by atoms with van der Waals surface area (Å²) >= 11 is 0. The molecule has 5 atom stereocenters. The first kappa shape index (κ1) is 33.1. The Balaban J connectivity index is 0.00000400. The van der Waals surface area contributed by atoms with Crippen molar-refractivity contribution < 1.29 is 54.9 Å². The van der Waals surface area contributed by atoms with E-state index in [1.807, 2.05) is 12.2 Å². The van der Waals surface area contributed by atoms with Crippen LogP contribution in [-0.2, 0) is 42.2 Å². The second kappa shape index (κ2) is 12.9. The number of amides is 4. The summed E-state index contributed by atoms with van der Waals surface area (Å²) in [7, 11) is -3.85. The summed E-state index contributed by atoms with van der Waals surface area (Å²) in [4.78, 5) is 56.7. The van der Waals surface area contributed by atoms with Crippen LogP contribution < -0.4 is 28.2 Å². The van der Waals surface area contributed by atoms with Crippen LogP contribution in [0.2, 0.25) is 0 Å². The van der Waals surface area contributed by atoms with E-state index in [1.54, 1.807) is 12.1 Å². The highest BCUT2D eigenvalue weighted by molar-refractivity contribution is 7.91. The zero-order chi connectivity index (χ0) is 31.2. The number of hydrogen-bond donors (Lipinski definition) is 3. The number of rotatable bonds is 4. The molecule has 1 unspecified atom stereocenters. The van der Waals surface area contributed by atoms with E-state index in [-0.39, 0.29) is 50.8 Å². The minimum atomic E-state index is -3.85. The number of hydrogen-bond acceptors (Lipinski definition) is 7. The maximum Gasteiger partial charge on any atom is 0.410 e. The molecular weight excluding hydrogens is 629 g/mol. The molecule has 3 aliphatic heterocycles. The fraction of sp³-hybridized carbons (Fsp3) is 0.600. The molecule has 1 saturated heterocycles. The van der Waals surface area contributed by atoms with Crippen LogP contribution in [0.3, 0.4) is 0 Å². The van der Waals surface area contributed by atoms with Crippen molar-refractivity contribution >= 4 is 33.8 Å². The average Bonchev–Trinajstić information content (AvgIpc) is 3.86. The molecule has 2 saturated carbocycles. The van der Waals surface area contributed by atoms with Gasteiger partial charge in [0.2, 0.25) is 15.9 Å². The van der Waals surface area contributed by atoms with Gasteiger partial charge in [0.1, 0.15) is 23.5 Å².